The van der Waals surface area contributed by atoms with Gasteiger partial charge in [0.2, 0.25) is 0 Å². The summed E-state index contributed by atoms with van der Waals surface area (Å²) < 4.78 is 5.52. The number of rotatable bonds is 5. The number of nitrogens with zero attached hydrogens (tertiary/aromatic N) is 2. The molecule has 0 spiro atoms. The molecule has 0 aliphatic carbocycles. The Morgan fingerprint density at radius 1 is 1.47 bits per heavy atom. The highest BCUT2D eigenvalue weighted by atomic mass is 35.5. The van der Waals surface area contributed by atoms with E-state index in [1.54, 1.807) is 18.5 Å². The maximum atomic E-state index is 5.78. The van der Waals surface area contributed by atoms with Crippen LogP contribution in [0.4, 0.5) is 0 Å². The van der Waals surface area contributed by atoms with Crippen LogP contribution in [0.5, 0.6) is 5.75 Å². The third-order valence-corrected chi connectivity index (χ3v) is 2.48. The molecule has 0 unspecified atom stereocenters. The quantitative estimate of drug-likeness (QED) is 0.774. The number of hydrogen-bond acceptors (Lipinski definition) is 3. The summed E-state index contributed by atoms with van der Waals surface area (Å²) in [6.45, 7) is 5.85. The van der Waals surface area contributed by atoms with E-state index < -0.39 is 0 Å². The second-order valence-electron chi connectivity index (χ2n) is 3.76. The summed E-state index contributed by atoms with van der Waals surface area (Å²) in [6, 6.07) is 2.30. The molecule has 0 radical (unpaired) electrons. The smallest absolute Gasteiger partial charge is 0.139 e. The first kappa shape index (κ1) is 12.3. The zero-order valence-electron chi connectivity index (χ0n) is 9.40. The number of likely N-dealkylation sites (N-methyl/N-ethyl adjacent to an activating group) is 1. The number of hydrogen-bond donors (Lipinski definition) is 0. The molecular formula is C11H17ClN2O. The van der Waals surface area contributed by atoms with E-state index in [-0.39, 0.29) is 0 Å². The molecule has 15 heavy (non-hydrogen) atoms. The Kier molecular flexibility index (Phi) is 4.85. The van der Waals surface area contributed by atoms with Crippen LogP contribution in [-0.4, -0.2) is 36.1 Å². The molecule has 0 saturated heterocycles. The summed E-state index contributed by atoms with van der Waals surface area (Å²) in [5.41, 5.74) is 0. The van der Waals surface area contributed by atoms with Crippen LogP contribution >= 0.6 is 11.6 Å². The minimum atomic E-state index is 0.533. The van der Waals surface area contributed by atoms with Gasteiger partial charge in [-0.15, -0.1) is 0 Å². The molecule has 0 amide bonds. The van der Waals surface area contributed by atoms with Crippen molar-refractivity contribution in [3.63, 3.8) is 0 Å². The second-order valence-corrected chi connectivity index (χ2v) is 4.20. The number of pyridine rings is 1. The van der Waals surface area contributed by atoms with Gasteiger partial charge in [-0.3, -0.25) is 4.98 Å². The van der Waals surface area contributed by atoms with E-state index in [1.807, 2.05) is 0 Å². The average Bonchev–Trinajstić information content (AvgIpc) is 2.17. The standard InChI is InChI=1S/C11H17ClN2O/c1-9(2)14(3)4-5-15-11-6-10(12)7-13-8-11/h6-9H,4-5H2,1-3H3. The summed E-state index contributed by atoms with van der Waals surface area (Å²) >= 11 is 5.78. The SMILES string of the molecule is CC(C)N(C)CCOc1cncc(Cl)c1. The van der Waals surface area contributed by atoms with Crippen molar-refractivity contribution in [2.75, 3.05) is 20.2 Å². The molecule has 0 N–H and O–H groups in total. The van der Waals surface area contributed by atoms with Crippen LogP contribution in [0.2, 0.25) is 5.02 Å². The fourth-order valence-electron chi connectivity index (χ4n) is 1.04. The monoisotopic (exact) mass is 228 g/mol. The lowest BCUT2D eigenvalue weighted by atomic mass is 10.3. The molecule has 1 heterocycles. The van der Waals surface area contributed by atoms with Gasteiger partial charge in [0.1, 0.15) is 12.4 Å². The Morgan fingerprint density at radius 3 is 2.80 bits per heavy atom. The highest BCUT2D eigenvalue weighted by Crippen LogP contribution is 2.14. The van der Waals surface area contributed by atoms with E-state index in [1.165, 1.54) is 0 Å². The third-order valence-electron chi connectivity index (χ3n) is 2.27. The molecule has 0 bridgehead atoms. The van der Waals surface area contributed by atoms with Gasteiger partial charge in [-0.1, -0.05) is 11.6 Å². The lowest BCUT2D eigenvalue weighted by Crippen LogP contribution is -2.30. The summed E-state index contributed by atoms with van der Waals surface area (Å²) in [7, 11) is 2.07. The molecule has 4 heteroatoms. The van der Waals surface area contributed by atoms with Crippen LogP contribution < -0.4 is 4.74 Å². The first-order chi connectivity index (χ1) is 7.09. The summed E-state index contributed by atoms with van der Waals surface area (Å²) in [5, 5.41) is 0.602. The van der Waals surface area contributed by atoms with Gasteiger partial charge < -0.3 is 9.64 Å². The Morgan fingerprint density at radius 2 is 2.20 bits per heavy atom. The van der Waals surface area contributed by atoms with Crippen LogP contribution in [0.1, 0.15) is 13.8 Å². The van der Waals surface area contributed by atoms with Crippen LogP contribution in [0, 0.1) is 0 Å². The van der Waals surface area contributed by atoms with E-state index in [0.29, 0.717) is 17.7 Å². The van der Waals surface area contributed by atoms with E-state index >= 15 is 0 Å². The van der Waals surface area contributed by atoms with Crippen LogP contribution in [0.25, 0.3) is 0 Å². The average molecular weight is 229 g/mol. The maximum absolute atomic E-state index is 5.78. The molecule has 1 aromatic rings. The largest absolute Gasteiger partial charge is 0.491 e. The normalized spacial score (nSPS) is 11.1. The van der Waals surface area contributed by atoms with Crippen molar-refractivity contribution >= 4 is 11.6 Å². The minimum absolute atomic E-state index is 0.533. The van der Waals surface area contributed by atoms with E-state index in [0.717, 1.165) is 12.3 Å². The molecule has 0 aliphatic rings. The van der Waals surface area contributed by atoms with Gasteiger partial charge in [0.15, 0.2) is 0 Å². The molecule has 1 rings (SSSR count). The number of aromatic nitrogens is 1. The molecule has 0 saturated carbocycles. The highest BCUT2D eigenvalue weighted by molar-refractivity contribution is 6.30. The highest BCUT2D eigenvalue weighted by Gasteiger charge is 2.03. The van der Waals surface area contributed by atoms with Gasteiger partial charge >= 0.3 is 0 Å². The zero-order valence-corrected chi connectivity index (χ0v) is 10.2. The van der Waals surface area contributed by atoms with Crippen molar-refractivity contribution in [2.45, 2.75) is 19.9 Å². The van der Waals surface area contributed by atoms with Crippen molar-refractivity contribution in [3.8, 4) is 5.75 Å². The van der Waals surface area contributed by atoms with Crippen molar-refractivity contribution in [1.82, 2.24) is 9.88 Å². The summed E-state index contributed by atoms with van der Waals surface area (Å²) in [5.74, 6) is 0.722. The zero-order chi connectivity index (χ0) is 11.3. The molecule has 0 atom stereocenters. The third kappa shape index (κ3) is 4.49. The predicted molar refractivity (Wildman–Crippen MR) is 62.5 cm³/mol. The lowest BCUT2D eigenvalue weighted by Gasteiger charge is -2.20. The van der Waals surface area contributed by atoms with Gasteiger partial charge in [-0.2, -0.15) is 0 Å². The van der Waals surface area contributed by atoms with Crippen molar-refractivity contribution in [3.05, 3.63) is 23.5 Å². The number of ether oxygens (including phenoxy) is 1. The van der Waals surface area contributed by atoms with Crippen LogP contribution in [-0.2, 0) is 0 Å². The van der Waals surface area contributed by atoms with E-state index in [2.05, 4.69) is 30.8 Å². The Balaban J connectivity index is 2.32. The van der Waals surface area contributed by atoms with Crippen molar-refractivity contribution < 1.29 is 4.74 Å². The Hall–Kier alpha value is -0.800. The topological polar surface area (TPSA) is 25.4 Å². The van der Waals surface area contributed by atoms with Crippen molar-refractivity contribution in [2.24, 2.45) is 0 Å². The van der Waals surface area contributed by atoms with Gasteiger partial charge in [-0.25, -0.2) is 0 Å². The van der Waals surface area contributed by atoms with Crippen molar-refractivity contribution in [1.29, 1.82) is 0 Å². The summed E-state index contributed by atoms with van der Waals surface area (Å²) in [4.78, 5) is 6.17. The van der Waals surface area contributed by atoms with Gasteiger partial charge in [0, 0.05) is 24.8 Å². The Labute approximate surface area is 96.0 Å². The minimum Gasteiger partial charge on any atom is -0.491 e. The fraction of sp³-hybridized carbons (Fsp3) is 0.545. The molecule has 1 aromatic heterocycles. The van der Waals surface area contributed by atoms with Gasteiger partial charge in [0.05, 0.1) is 11.2 Å². The molecule has 0 fully saturated rings. The lowest BCUT2D eigenvalue weighted by molar-refractivity contribution is 0.208. The fourth-order valence-corrected chi connectivity index (χ4v) is 1.20. The first-order valence-corrected chi connectivity index (χ1v) is 5.41. The van der Waals surface area contributed by atoms with Crippen LogP contribution in [0.15, 0.2) is 18.5 Å². The van der Waals surface area contributed by atoms with E-state index in [9.17, 15) is 0 Å². The van der Waals surface area contributed by atoms with Gasteiger partial charge in [-0.05, 0) is 20.9 Å². The molecule has 0 aromatic carbocycles. The molecule has 84 valence electrons. The summed E-state index contributed by atoms with van der Waals surface area (Å²) in [6.07, 6.45) is 3.26. The maximum Gasteiger partial charge on any atom is 0.139 e. The molecule has 0 aliphatic heterocycles. The van der Waals surface area contributed by atoms with Gasteiger partial charge in [0.25, 0.3) is 0 Å². The van der Waals surface area contributed by atoms with E-state index in [4.69, 9.17) is 16.3 Å². The molecular weight excluding hydrogens is 212 g/mol. The predicted octanol–water partition coefficient (Wildman–Crippen LogP) is 2.45. The second kappa shape index (κ2) is 5.93. The first-order valence-electron chi connectivity index (χ1n) is 5.03. The number of halogens is 1. The Bertz CT molecular complexity index is 304. The molecule has 3 nitrogen and oxygen atoms in total. The van der Waals surface area contributed by atoms with Crippen LogP contribution in [0.3, 0.4) is 0 Å².